The van der Waals surface area contributed by atoms with E-state index in [9.17, 15) is 4.79 Å². The molecule has 1 N–H and O–H groups in total. The van der Waals surface area contributed by atoms with Crippen molar-refractivity contribution in [2.75, 3.05) is 6.54 Å². The molecule has 0 atom stereocenters. The van der Waals surface area contributed by atoms with E-state index >= 15 is 0 Å². The summed E-state index contributed by atoms with van der Waals surface area (Å²) in [5.74, 6) is 0.407. The molecule has 1 aromatic heterocycles. The molecule has 122 valence electrons. The monoisotopic (exact) mass is 321 g/mol. The molecule has 0 aliphatic rings. The Hall–Kier alpha value is -3.02. The largest absolute Gasteiger partial charge is 0.354 e. The van der Waals surface area contributed by atoms with Gasteiger partial charge in [0.05, 0.1) is 0 Å². The van der Waals surface area contributed by atoms with Crippen LogP contribution in [-0.4, -0.2) is 32.7 Å². The van der Waals surface area contributed by atoms with Crippen molar-refractivity contribution >= 4 is 5.91 Å². The molecule has 0 bridgehead atoms. The van der Waals surface area contributed by atoms with Gasteiger partial charge in [-0.15, -0.1) is 10.2 Å². The van der Waals surface area contributed by atoms with Gasteiger partial charge in [0.2, 0.25) is 11.7 Å². The van der Waals surface area contributed by atoms with Gasteiger partial charge in [-0.1, -0.05) is 54.6 Å². The number of nitrogens with zero attached hydrogens (tertiary/aromatic N) is 4. The molecule has 3 rings (SSSR count). The zero-order valence-corrected chi connectivity index (χ0v) is 13.5. The van der Waals surface area contributed by atoms with Crippen molar-refractivity contribution in [1.82, 2.24) is 25.5 Å². The van der Waals surface area contributed by atoms with Gasteiger partial charge >= 0.3 is 0 Å². The summed E-state index contributed by atoms with van der Waals surface area (Å²) in [5, 5.41) is 15.1. The van der Waals surface area contributed by atoms with Gasteiger partial charge in [0.15, 0.2) is 0 Å². The minimum atomic E-state index is -0.125. The van der Waals surface area contributed by atoms with E-state index in [1.165, 1.54) is 10.4 Å². The van der Waals surface area contributed by atoms with Crippen LogP contribution in [0.3, 0.4) is 0 Å². The number of hydrogen-bond donors (Lipinski definition) is 1. The molecule has 0 spiro atoms. The summed E-state index contributed by atoms with van der Waals surface area (Å²) in [7, 11) is 0. The lowest BCUT2D eigenvalue weighted by molar-refractivity contribution is -0.122. The van der Waals surface area contributed by atoms with Crippen molar-refractivity contribution in [3.05, 3.63) is 65.7 Å². The third kappa shape index (κ3) is 4.04. The predicted molar refractivity (Wildman–Crippen MR) is 91.1 cm³/mol. The van der Waals surface area contributed by atoms with Crippen LogP contribution < -0.4 is 5.32 Å². The maximum atomic E-state index is 12.0. The first kappa shape index (κ1) is 15.9. The van der Waals surface area contributed by atoms with Crippen molar-refractivity contribution in [2.45, 2.75) is 19.9 Å². The van der Waals surface area contributed by atoms with Gasteiger partial charge in [-0.05, 0) is 29.7 Å². The number of rotatable bonds is 6. The zero-order valence-electron chi connectivity index (χ0n) is 13.5. The van der Waals surface area contributed by atoms with E-state index in [-0.39, 0.29) is 12.5 Å². The molecule has 1 amide bonds. The number of carbonyl (C=O) groups excluding carboxylic acids is 1. The standard InChI is InChI=1S/C18H19N5O/c1-14-7-5-6-10-16(14)18-20-22-23(21-18)13-17(24)19-12-11-15-8-3-2-4-9-15/h2-10H,11-13H2,1H3,(H,19,24). The maximum absolute atomic E-state index is 12.0. The van der Waals surface area contributed by atoms with Crippen LogP contribution in [0, 0.1) is 6.92 Å². The minimum absolute atomic E-state index is 0.0632. The Balaban J connectivity index is 1.53. The van der Waals surface area contributed by atoms with Gasteiger partial charge in [-0.2, -0.15) is 4.80 Å². The number of carbonyl (C=O) groups is 1. The molecule has 2 aromatic carbocycles. The number of aryl methyl sites for hydroxylation is 1. The Morgan fingerprint density at radius 3 is 2.62 bits per heavy atom. The van der Waals surface area contributed by atoms with Crippen LogP contribution in [-0.2, 0) is 17.8 Å². The average molecular weight is 321 g/mol. The Bertz CT molecular complexity index is 813. The summed E-state index contributed by atoms with van der Waals surface area (Å²) >= 11 is 0. The fourth-order valence-electron chi connectivity index (χ4n) is 2.42. The molecule has 0 aliphatic heterocycles. The van der Waals surface area contributed by atoms with E-state index in [1.807, 2.05) is 61.5 Å². The van der Waals surface area contributed by atoms with E-state index in [1.54, 1.807) is 0 Å². The Kier molecular flexibility index (Phi) is 4.96. The van der Waals surface area contributed by atoms with Crippen LogP contribution >= 0.6 is 0 Å². The second-order valence-electron chi connectivity index (χ2n) is 5.54. The van der Waals surface area contributed by atoms with Gasteiger partial charge in [0.1, 0.15) is 6.54 Å². The molecule has 6 heteroatoms. The van der Waals surface area contributed by atoms with Crippen LogP contribution in [0.25, 0.3) is 11.4 Å². The summed E-state index contributed by atoms with van der Waals surface area (Å²) in [5.41, 5.74) is 3.19. The fourth-order valence-corrected chi connectivity index (χ4v) is 2.42. The van der Waals surface area contributed by atoms with E-state index in [4.69, 9.17) is 0 Å². The van der Waals surface area contributed by atoms with Crippen molar-refractivity contribution in [3.63, 3.8) is 0 Å². The number of benzene rings is 2. The van der Waals surface area contributed by atoms with Crippen molar-refractivity contribution in [2.24, 2.45) is 0 Å². The number of aromatic nitrogens is 4. The number of tetrazole rings is 1. The summed E-state index contributed by atoms with van der Waals surface area (Å²) in [6.07, 6.45) is 0.797. The van der Waals surface area contributed by atoms with Gasteiger partial charge in [0, 0.05) is 12.1 Å². The first-order chi connectivity index (χ1) is 11.7. The highest BCUT2D eigenvalue weighted by Crippen LogP contribution is 2.17. The first-order valence-corrected chi connectivity index (χ1v) is 7.87. The summed E-state index contributed by atoms with van der Waals surface area (Å²) in [4.78, 5) is 13.3. The van der Waals surface area contributed by atoms with Crippen LogP contribution in [0.1, 0.15) is 11.1 Å². The SMILES string of the molecule is Cc1ccccc1-c1nnn(CC(=O)NCCc2ccccc2)n1. The molecular formula is C18H19N5O. The number of amides is 1. The Labute approximate surface area is 140 Å². The molecular weight excluding hydrogens is 302 g/mol. The summed E-state index contributed by atoms with van der Waals surface area (Å²) in [6.45, 7) is 2.64. The molecule has 24 heavy (non-hydrogen) atoms. The van der Waals surface area contributed by atoms with Crippen LogP contribution in [0.5, 0.6) is 0 Å². The van der Waals surface area contributed by atoms with E-state index in [0.29, 0.717) is 12.4 Å². The van der Waals surface area contributed by atoms with Crippen LogP contribution in [0.15, 0.2) is 54.6 Å². The molecule has 0 aliphatic carbocycles. The highest BCUT2D eigenvalue weighted by molar-refractivity contribution is 5.75. The molecule has 6 nitrogen and oxygen atoms in total. The molecule has 0 radical (unpaired) electrons. The Morgan fingerprint density at radius 1 is 1.08 bits per heavy atom. The lowest BCUT2D eigenvalue weighted by Crippen LogP contribution is -2.30. The highest BCUT2D eigenvalue weighted by atomic mass is 16.2. The average Bonchev–Trinajstić information content (AvgIpc) is 3.04. The molecule has 1 heterocycles. The second kappa shape index (κ2) is 7.50. The third-order valence-corrected chi connectivity index (χ3v) is 3.70. The summed E-state index contributed by atoms with van der Waals surface area (Å²) < 4.78 is 0. The molecule has 0 saturated heterocycles. The topological polar surface area (TPSA) is 72.7 Å². The lowest BCUT2D eigenvalue weighted by Gasteiger charge is -2.04. The van der Waals surface area contributed by atoms with Crippen molar-refractivity contribution < 1.29 is 4.79 Å². The molecule has 3 aromatic rings. The van der Waals surface area contributed by atoms with E-state index in [2.05, 4.69) is 20.7 Å². The van der Waals surface area contributed by atoms with Gasteiger partial charge < -0.3 is 5.32 Å². The van der Waals surface area contributed by atoms with Gasteiger partial charge in [0.25, 0.3) is 0 Å². The normalized spacial score (nSPS) is 10.5. The molecule has 0 fully saturated rings. The first-order valence-electron chi connectivity index (χ1n) is 7.87. The highest BCUT2D eigenvalue weighted by Gasteiger charge is 2.10. The van der Waals surface area contributed by atoms with E-state index in [0.717, 1.165) is 17.5 Å². The Morgan fingerprint density at radius 2 is 1.83 bits per heavy atom. The van der Waals surface area contributed by atoms with E-state index < -0.39 is 0 Å². The van der Waals surface area contributed by atoms with Gasteiger partial charge in [-0.3, -0.25) is 4.79 Å². The van der Waals surface area contributed by atoms with Crippen LogP contribution in [0.2, 0.25) is 0 Å². The minimum Gasteiger partial charge on any atom is -0.354 e. The number of hydrogen-bond acceptors (Lipinski definition) is 4. The predicted octanol–water partition coefficient (Wildman–Crippen LogP) is 2.01. The molecule has 0 saturated carbocycles. The second-order valence-corrected chi connectivity index (χ2v) is 5.54. The third-order valence-electron chi connectivity index (χ3n) is 3.70. The summed E-state index contributed by atoms with van der Waals surface area (Å²) in [6, 6.07) is 17.9. The van der Waals surface area contributed by atoms with Crippen LogP contribution in [0.4, 0.5) is 0 Å². The molecule has 0 unspecified atom stereocenters. The van der Waals surface area contributed by atoms with Crippen molar-refractivity contribution in [1.29, 1.82) is 0 Å². The quantitative estimate of drug-likeness (QED) is 0.754. The zero-order chi connectivity index (χ0) is 16.8. The van der Waals surface area contributed by atoms with Gasteiger partial charge in [-0.25, -0.2) is 0 Å². The number of nitrogens with one attached hydrogen (secondary N) is 1. The van der Waals surface area contributed by atoms with Crippen molar-refractivity contribution in [3.8, 4) is 11.4 Å². The smallest absolute Gasteiger partial charge is 0.243 e. The fraction of sp³-hybridized carbons (Fsp3) is 0.222. The maximum Gasteiger partial charge on any atom is 0.243 e. The lowest BCUT2D eigenvalue weighted by atomic mass is 10.1.